The lowest BCUT2D eigenvalue weighted by atomic mass is 10.1. The lowest BCUT2D eigenvalue weighted by Gasteiger charge is -2.37. The van der Waals surface area contributed by atoms with Gasteiger partial charge < -0.3 is 10.2 Å². The minimum atomic E-state index is 0. The van der Waals surface area contributed by atoms with Gasteiger partial charge in [0.2, 0.25) is 0 Å². The highest BCUT2D eigenvalue weighted by molar-refractivity contribution is 5.92. The van der Waals surface area contributed by atoms with Gasteiger partial charge in [-0.15, -0.1) is 24.8 Å². The molecule has 1 aromatic heterocycles. The second kappa shape index (κ2) is 7.56. The summed E-state index contributed by atoms with van der Waals surface area (Å²) in [6.07, 6.45) is 1.66. The first-order valence-corrected chi connectivity index (χ1v) is 5.64. The zero-order chi connectivity index (χ0) is 11.5. The molecule has 2 rings (SSSR count). The number of nitrogens with zero attached hydrogens (tertiary/aromatic N) is 2. The van der Waals surface area contributed by atoms with Crippen molar-refractivity contribution in [2.75, 3.05) is 13.1 Å². The summed E-state index contributed by atoms with van der Waals surface area (Å²) in [5.41, 5.74) is 0.531. The molecule has 1 saturated heterocycles. The molecule has 1 fully saturated rings. The number of carbonyl (C=O) groups excluding carboxylic acids is 1. The summed E-state index contributed by atoms with van der Waals surface area (Å²) in [6, 6.07) is 6.01. The fraction of sp³-hybridized carbons (Fsp3) is 0.500. The minimum absolute atomic E-state index is 0. The highest BCUT2D eigenvalue weighted by Gasteiger charge is 2.27. The van der Waals surface area contributed by atoms with Gasteiger partial charge in [0.25, 0.3) is 5.91 Å². The summed E-state index contributed by atoms with van der Waals surface area (Å²) in [5, 5.41) is 3.35. The largest absolute Gasteiger partial charge is 0.332 e. The topological polar surface area (TPSA) is 45.2 Å². The number of hydrogen-bond donors (Lipinski definition) is 1. The van der Waals surface area contributed by atoms with Crippen LogP contribution in [-0.4, -0.2) is 41.0 Å². The molecule has 2 unspecified atom stereocenters. The molecule has 102 valence electrons. The van der Waals surface area contributed by atoms with Crippen LogP contribution in [0.4, 0.5) is 0 Å². The van der Waals surface area contributed by atoms with Crippen LogP contribution in [0.1, 0.15) is 24.3 Å². The van der Waals surface area contributed by atoms with Gasteiger partial charge >= 0.3 is 0 Å². The molecular formula is C12H19Cl2N3O. The molecule has 1 aliphatic heterocycles. The molecule has 1 aromatic rings. The summed E-state index contributed by atoms with van der Waals surface area (Å²) >= 11 is 0. The minimum Gasteiger partial charge on any atom is -0.332 e. The number of rotatable bonds is 1. The molecule has 4 nitrogen and oxygen atoms in total. The third-order valence-corrected chi connectivity index (χ3v) is 2.91. The van der Waals surface area contributed by atoms with E-state index in [0.29, 0.717) is 11.7 Å². The standard InChI is InChI=1S/C12H17N3O.2ClH/c1-9-8-15(10(2)7-14-9)12(16)11-5-3-4-6-13-11;;/h3-6,9-10,14H,7-8H2,1-2H3;2*1H. The van der Waals surface area contributed by atoms with E-state index in [1.807, 2.05) is 17.0 Å². The Kier molecular flexibility index (Phi) is 7.21. The average Bonchev–Trinajstić information content (AvgIpc) is 2.32. The summed E-state index contributed by atoms with van der Waals surface area (Å²) < 4.78 is 0. The predicted octanol–water partition coefficient (Wildman–Crippen LogP) is 1.75. The molecule has 0 saturated carbocycles. The summed E-state index contributed by atoms with van der Waals surface area (Å²) in [6.45, 7) is 5.74. The van der Waals surface area contributed by atoms with Crippen LogP contribution in [-0.2, 0) is 0 Å². The van der Waals surface area contributed by atoms with Crippen molar-refractivity contribution in [1.82, 2.24) is 15.2 Å². The zero-order valence-corrected chi connectivity index (χ0v) is 12.1. The highest BCUT2D eigenvalue weighted by Crippen LogP contribution is 2.10. The summed E-state index contributed by atoms with van der Waals surface area (Å²) in [7, 11) is 0. The van der Waals surface area contributed by atoms with E-state index in [9.17, 15) is 4.79 Å². The molecule has 1 aliphatic rings. The van der Waals surface area contributed by atoms with Crippen molar-refractivity contribution in [1.29, 1.82) is 0 Å². The van der Waals surface area contributed by atoms with E-state index in [2.05, 4.69) is 24.1 Å². The molecule has 6 heteroatoms. The Hall–Kier alpha value is -0.840. The van der Waals surface area contributed by atoms with Crippen LogP contribution in [0.5, 0.6) is 0 Å². The van der Waals surface area contributed by atoms with E-state index in [1.54, 1.807) is 12.3 Å². The summed E-state index contributed by atoms with van der Waals surface area (Å²) in [4.78, 5) is 18.2. The maximum Gasteiger partial charge on any atom is 0.272 e. The fourth-order valence-corrected chi connectivity index (χ4v) is 1.94. The van der Waals surface area contributed by atoms with Gasteiger partial charge in [-0.05, 0) is 26.0 Å². The normalized spacial score (nSPS) is 22.7. The number of aromatic nitrogens is 1. The number of hydrogen-bond acceptors (Lipinski definition) is 3. The Morgan fingerprint density at radius 2 is 2.11 bits per heavy atom. The Labute approximate surface area is 120 Å². The number of nitrogens with one attached hydrogen (secondary N) is 1. The SMILES string of the molecule is CC1CN(C(=O)c2ccccn2)C(C)CN1.Cl.Cl. The van der Waals surface area contributed by atoms with Crippen LogP contribution in [0.2, 0.25) is 0 Å². The Morgan fingerprint density at radius 3 is 2.72 bits per heavy atom. The number of amides is 1. The van der Waals surface area contributed by atoms with Gasteiger partial charge in [0.05, 0.1) is 0 Å². The maximum atomic E-state index is 12.2. The van der Waals surface area contributed by atoms with Gasteiger partial charge in [-0.1, -0.05) is 6.07 Å². The van der Waals surface area contributed by atoms with Crippen molar-refractivity contribution in [2.24, 2.45) is 0 Å². The lowest BCUT2D eigenvalue weighted by Crippen LogP contribution is -2.56. The smallest absolute Gasteiger partial charge is 0.272 e. The highest BCUT2D eigenvalue weighted by atomic mass is 35.5. The van der Waals surface area contributed by atoms with Gasteiger partial charge in [-0.3, -0.25) is 9.78 Å². The quantitative estimate of drug-likeness (QED) is 0.857. The molecule has 18 heavy (non-hydrogen) atoms. The number of halogens is 2. The summed E-state index contributed by atoms with van der Waals surface area (Å²) in [5.74, 6) is 0.0291. The fourth-order valence-electron chi connectivity index (χ4n) is 1.94. The van der Waals surface area contributed by atoms with Crippen LogP contribution in [0.3, 0.4) is 0 Å². The van der Waals surface area contributed by atoms with Gasteiger partial charge in [0.1, 0.15) is 5.69 Å². The van der Waals surface area contributed by atoms with E-state index in [1.165, 1.54) is 0 Å². The molecule has 2 heterocycles. The van der Waals surface area contributed by atoms with Crippen molar-refractivity contribution >= 4 is 30.7 Å². The van der Waals surface area contributed by atoms with Crippen LogP contribution in [0.15, 0.2) is 24.4 Å². The van der Waals surface area contributed by atoms with Crippen LogP contribution < -0.4 is 5.32 Å². The molecule has 1 N–H and O–H groups in total. The van der Waals surface area contributed by atoms with E-state index < -0.39 is 0 Å². The molecule has 0 aliphatic carbocycles. The monoisotopic (exact) mass is 291 g/mol. The van der Waals surface area contributed by atoms with E-state index >= 15 is 0 Å². The maximum absolute atomic E-state index is 12.2. The van der Waals surface area contributed by atoms with Crippen LogP contribution in [0.25, 0.3) is 0 Å². The Morgan fingerprint density at radius 1 is 1.39 bits per heavy atom. The molecule has 0 spiro atoms. The van der Waals surface area contributed by atoms with Crippen LogP contribution in [0, 0.1) is 0 Å². The second-order valence-corrected chi connectivity index (χ2v) is 4.33. The number of piperazine rings is 1. The predicted molar refractivity (Wildman–Crippen MR) is 76.7 cm³/mol. The Balaban J connectivity index is 0.00000144. The van der Waals surface area contributed by atoms with Crippen molar-refractivity contribution in [3.8, 4) is 0 Å². The third-order valence-electron chi connectivity index (χ3n) is 2.91. The third kappa shape index (κ3) is 3.83. The second-order valence-electron chi connectivity index (χ2n) is 4.33. The zero-order valence-electron chi connectivity index (χ0n) is 10.5. The average molecular weight is 292 g/mol. The molecule has 2 atom stereocenters. The Bertz CT molecular complexity index is 375. The lowest BCUT2D eigenvalue weighted by molar-refractivity contribution is 0.0610. The number of carbonyl (C=O) groups is 1. The molecule has 0 bridgehead atoms. The van der Waals surface area contributed by atoms with E-state index in [4.69, 9.17) is 0 Å². The van der Waals surface area contributed by atoms with E-state index in [-0.39, 0.29) is 36.8 Å². The van der Waals surface area contributed by atoms with Gasteiger partial charge in [0, 0.05) is 31.4 Å². The van der Waals surface area contributed by atoms with Gasteiger partial charge in [0.15, 0.2) is 0 Å². The van der Waals surface area contributed by atoms with Crippen molar-refractivity contribution in [2.45, 2.75) is 25.9 Å². The molecule has 1 amide bonds. The first-order valence-electron chi connectivity index (χ1n) is 5.64. The van der Waals surface area contributed by atoms with Gasteiger partial charge in [-0.2, -0.15) is 0 Å². The molecule has 0 radical (unpaired) electrons. The van der Waals surface area contributed by atoms with Gasteiger partial charge in [-0.25, -0.2) is 0 Å². The first kappa shape index (κ1) is 17.2. The van der Waals surface area contributed by atoms with E-state index in [0.717, 1.165) is 13.1 Å². The van der Waals surface area contributed by atoms with Crippen molar-refractivity contribution < 1.29 is 4.79 Å². The van der Waals surface area contributed by atoms with Crippen molar-refractivity contribution in [3.05, 3.63) is 30.1 Å². The van der Waals surface area contributed by atoms with Crippen molar-refractivity contribution in [3.63, 3.8) is 0 Å². The molecular weight excluding hydrogens is 273 g/mol. The molecule has 0 aromatic carbocycles. The van der Waals surface area contributed by atoms with Crippen LogP contribution >= 0.6 is 24.8 Å². The first-order chi connectivity index (χ1) is 7.68. The number of pyridine rings is 1.